The van der Waals surface area contributed by atoms with Crippen LogP contribution in [0, 0.1) is 3.57 Å². The molecule has 0 aliphatic heterocycles. The maximum atomic E-state index is 12.0. The molecule has 0 unspecified atom stereocenters. The zero-order valence-electron chi connectivity index (χ0n) is 12.3. The highest BCUT2D eigenvalue weighted by atomic mass is 127. The summed E-state index contributed by atoms with van der Waals surface area (Å²) in [5.74, 6) is -0.00573. The monoisotopic (exact) mass is 403 g/mol. The van der Waals surface area contributed by atoms with Gasteiger partial charge in [-0.25, -0.2) is 0 Å². The second kappa shape index (κ2) is 9.23. The quantitative estimate of drug-likeness (QED) is 0.424. The predicted molar refractivity (Wildman–Crippen MR) is 99.7 cm³/mol. The number of hydrogen-bond acceptors (Lipinski definition) is 1. The molecule has 2 aromatic rings. The van der Waals surface area contributed by atoms with Gasteiger partial charge in [0, 0.05) is 10.1 Å². The van der Waals surface area contributed by atoms with Crippen molar-refractivity contribution in [2.75, 3.05) is 6.54 Å². The molecule has 0 fully saturated rings. The molecule has 2 aromatic carbocycles. The molecule has 0 aliphatic carbocycles. The highest BCUT2D eigenvalue weighted by Gasteiger charge is 2.07. The van der Waals surface area contributed by atoms with Crippen molar-refractivity contribution in [1.82, 2.24) is 5.32 Å². The van der Waals surface area contributed by atoms with Crippen LogP contribution in [0.1, 0.15) is 28.8 Å². The molecule has 1 amide bonds. The Labute approximate surface area is 145 Å². The number of nitrogens with one attached hydrogen (secondary N) is 1. The SMILES string of the molecule is O=C(NCCCC=C=Cc1ccccc1)c1ccccc1I. The third kappa shape index (κ3) is 5.51. The number of carbonyl (C=O) groups is 1. The smallest absolute Gasteiger partial charge is 0.252 e. The Balaban J connectivity index is 1.70. The first-order chi connectivity index (χ1) is 10.8. The van der Waals surface area contributed by atoms with Gasteiger partial charge in [0.2, 0.25) is 0 Å². The molecule has 3 heteroatoms. The number of unbranched alkanes of at least 4 members (excludes halogenated alkanes) is 1. The van der Waals surface area contributed by atoms with Crippen molar-refractivity contribution in [2.24, 2.45) is 0 Å². The van der Waals surface area contributed by atoms with Crippen molar-refractivity contribution in [3.05, 3.63) is 81.1 Å². The van der Waals surface area contributed by atoms with Gasteiger partial charge in [-0.2, -0.15) is 0 Å². The number of allylic oxidation sites excluding steroid dienone is 1. The molecule has 0 radical (unpaired) electrons. The molecule has 0 saturated carbocycles. The molecule has 1 N–H and O–H groups in total. The van der Waals surface area contributed by atoms with Crippen LogP contribution >= 0.6 is 22.6 Å². The van der Waals surface area contributed by atoms with Gasteiger partial charge in [0.25, 0.3) is 5.91 Å². The van der Waals surface area contributed by atoms with Gasteiger partial charge in [-0.15, -0.1) is 5.73 Å². The fourth-order valence-corrected chi connectivity index (χ4v) is 2.57. The second-order valence-electron chi connectivity index (χ2n) is 4.80. The average molecular weight is 403 g/mol. The number of halogens is 1. The first kappa shape index (κ1) is 16.5. The van der Waals surface area contributed by atoms with Crippen LogP contribution in [-0.4, -0.2) is 12.5 Å². The Bertz CT molecular complexity index is 673. The molecule has 0 heterocycles. The highest BCUT2D eigenvalue weighted by molar-refractivity contribution is 14.1. The van der Waals surface area contributed by atoms with E-state index in [1.165, 1.54) is 0 Å². The van der Waals surface area contributed by atoms with Gasteiger partial charge in [0.05, 0.1) is 5.56 Å². The molecule has 0 bridgehead atoms. The highest BCUT2D eigenvalue weighted by Crippen LogP contribution is 2.10. The summed E-state index contributed by atoms with van der Waals surface area (Å²) in [7, 11) is 0. The van der Waals surface area contributed by atoms with E-state index in [1.807, 2.05) is 66.7 Å². The minimum atomic E-state index is -0.00573. The normalized spacial score (nSPS) is 9.68. The van der Waals surface area contributed by atoms with Crippen molar-refractivity contribution in [2.45, 2.75) is 12.8 Å². The van der Waals surface area contributed by atoms with Crippen LogP contribution in [0.15, 0.2) is 66.4 Å². The van der Waals surface area contributed by atoms with Crippen molar-refractivity contribution in [3.8, 4) is 0 Å². The summed E-state index contributed by atoms with van der Waals surface area (Å²) < 4.78 is 0.975. The summed E-state index contributed by atoms with van der Waals surface area (Å²) in [5.41, 5.74) is 5.05. The van der Waals surface area contributed by atoms with E-state index in [-0.39, 0.29) is 5.91 Å². The third-order valence-electron chi connectivity index (χ3n) is 3.10. The fraction of sp³-hybridized carbons (Fsp3) is 0.158. The van der Waals surface area contributed by atoms with E-state index in [0.717, 1.165) is 27.5 Å². The van der Waals surface area contributed by atoms with Crippen molar-refractivity contribution in [1.29, 1.82) is 0 Å². The summed E-state index contributed by atoms with van der Waals surface area (Å²) >= 11 is 2.18. The summed E-state index contributed by atoms with van der Waals surface area (Å²) in [4.78, 5) is 12.0. The topological polar surface area (TPSA) is 29.1 Å². The van der Waals surface area contributed by atoms with Gasteiger partial charge in [0.15, 0.2) is 0 Å². The van der Waals surface area contributed by atoms with Crippen molar-refractivity contribution in [3.63, 3.8) is 0 Å². The van der Waals surface area contributed by atoms with Crippen LogP contribution in [0.5, 0.6) is 0 Å². The van der Waals surface area contributed by atoms with Gasteiger partial charge >= 0.3 is 0 Å². The van der Waals surface area contributed by atoms with Gasteiger partial charge in [-0.05, 0) is 65.3 Å². The molecule has 0 saturated heterocycles. The van der Waals surface area contributed by atoms with Gasteiger partial charge in [0.1, 0.15) is 0 Å². The van der Waals surface area contributed by atoms with E-state index in [4.69, 9.17) is 0 Å². The average Bonchev–Trinajstić information content (AvgIpc) is 2.55. The maximum Gasteiger partial charge on any atom is 0.252 e. The van der Waals surface area contributed by atoms with Gasteiger partial charge in [-0.1, -0.05) is 42.5 Å². The molecular formula is C19H18INO. The van der Waals surface area contributed by atoms with Crippen molar-refractivity contribution < 1.29 is 4.79 Å². The standard InChI is InChI=1S/C19H18INO/c20-18-14-8-7-13-17(18)19(22)21-15-9-2-1-4-10-16-11-5-3-6-12-16/h1,3,5-8,10-14H,2,9,15H2,(H,21,22). The van der Waals surface area contributed by atoms with Crippen LogP contribution in [-0.2, 0) is 0 Å². The Morgan fingerprint density at radius 2 is 1.82 bits per heavy atom. The molecule has 22 heavy (non-hydrogen) atoms. The van der Waals surface area contributed by atoms with Crippen LogP contribution in [0.4, 0.5) is 0 Å². The van der Waals surface area contributed by atoms with Crippen LogP contribution in [0.3, 0.4) is 0 Å². The van der Waals surface area contributed by atoms with Crippen LogP contribution < -0.4 is 5.32 Å². The lowest BCUT2D eigenvalue weighted by atomic mass is 10.2. The molecule has 2 rings (SSSR count). The summed E-state index contributed by atoms with van der Waals surface area (Å²) in [6, 6.07) is 17.7. The van der Waals surface area contributed by atoms with E-state index < -0.39 is 0 Å². The number of amides is 1. The van der Waals surface area contributed by atoms with Crippen molar-refractivity contribution >= 4 is 34.6 Å². The minimum absolute atomic E-state index is 0.00573. The van der Waals surface area contributed by atoms with Gasteiger partial charge in [-0.3, -0.25) is 4.79 Å². The lowest BCUT2D eigenvalue weighted by molar-refractivity contribution is 0.0952. The number of carbonyl (C=O) groups excluding carboxylic acids is 1. The zero-order chi connectivity index (χ0) is 15.6. The number of rotatable bonds is 6. The summed E-state index contributed by atoms with van der Waals surface area (Å²) in [6.07, 6.45) is 5.77. The molecule has 2 nitrogen and oxygen atoms in total. The van der Waals surface area contributed by atoms with Gasteiger partial charge < -0.3 is 5.32 Å². The summed E-state index contributed by atoms with van der Waals surface area (Å²) in [6.45, 7) is 0.674. The number of hydrogen-bond donors (Lipinski definition) is 1. The molecule has 112 valence electrons. The minimum Gasteiger partial charge on any atom is -0.352 e. The van der Waals surface area contributed by atoms with E-state index in [1.54, 1.807) is 0 Å². The Hall–Kier alpha value is -1.84. The van der Waals surface area contributed by atoms with E-state index in [2.05, 4.69) is 33.6 Å². The second-order valence-corrected chi connectivity index (χ2v) is 5.97. The number of benzene rings is 2. The lowest BCUT2D eigenvalue weighted by Crippen LogP contribution is -2.25. The maximum absolute atomic E-state index is 12.0. The van der Waals surface area contributed by atoms with Crippen LogP contribution in [0.2, 0.25) is 0 Å². The first-order valence-corrected chi connectivity index (χ1v) is 8.34. The van der Waals surface area contributed by atoms with E-state index in [9.17, 15) is 4.79 Å². The first-order valence-electron chi connectivity index (χ1n) is 7.26. The predicted octanol–water partition coefficient (Wildman–Crippen LogP) is 4.67. The van der Waals surface area contributed by atoms with E-state index in [0.29, 0.717) is 6.54 Å². The molecular weight excluding hydrogens is 385 g/mol. The lowest BCUT2D eigenvalue weighted by Gasteiger charge is -2.05. The third-order valence-corrected chi connectivity index (χ3v) is 4.04. The summed E-state index contributed by atoms with van der Waals surface area (Å²) in [5, 5.41) is 2.95. The largest absolute Gasteiger partial charge is 0.352 e. The van der Waals surface area contributed by atoms with Crippen LogP contribution in [0.25, 0.3) is 6.08 Å². The molecule has 0 spiro atoms. The Morgan fingerprint density at radius 3 is 2.59 bits per heavy atom. The zero-order valence-corrected chi connectivity index (χ0v) is 14.4. The fourth-order valence-electron chi connectivity index (χ4n) is 1.93. The molecule has 0 aromatic heterocycles. The van der Waals surface area contributed by atoms with E-state index >= 15 is 0 Å². The molecule has 0 atom stereocenters. The molecule has 0 aliphatic rings. The Kier molecular flexibility index (Phi) is 6.94. The Morgan fingerprint density at radius 1 is 1.09 bits per heavy atom.